The molecule has 0 fully saturated rings. The summed E-state index contributed by atoms with van der Waals surface area (Å²) in [6.07, 6.45) is -0.792. The van der Waals surface area contributed by atoms with Crippen LogP contribution in [0.15, 0.2) is 24.3 Å². The van der Waals surface area contributed by atoms with E-state index in [1.807, 2.05) is 6.92 Å². The highest BCUT2D eigenvalue weighted by molar-refractivity contribution is 5.20. The van der Waals surface area contributed by atoms with Gasteiger partial charge in [-0.25, -0.2) is 4.39 Å². The fraction of sp³-hybridized carbons (Fsp3) is 0.625. The van der Waals surface area contributed by atoms with Crippen molar-refractivity contribution >= 4 is 0 Å². The van der Waals surface area contributed by atoms with E-state index >= 15 is 0 Å². The lowest BCUT2D eigenvalue weighted by Gasteiger charge is -2.31. The van der Waals surface area contributed by atoms with E-state index in [2.05, 4.69) is 18.7 Å². The summed E-state index contributed by atoms with van der Waals surface area (Å²) < 4.78 is 18.9. The highest BCUT2D eigenvalue weighted by atomic mass is 19.1. The number of rotatable bonds is 8. The van der Waals surface area contributed by atoms with Gasteiger partial charge >= 0.3 is 0 Å². The van der Waals surface area contributed by atoms with Gasteiger partial charge in [0.05, 0.1) is 12.7 Å². The van der Waals surface area contributed by atoms with Gasteiger partial charge in [-0.1, -0.05) is 32.0 Å². The highest BCUT2D eigenvalue weighted by Gasteiger charge is 2.23. The van der Waals surface area contributed by atoms with Crippen molar-refractivity contribution in [1.82, 2.24) is 4.90 Å². The molecule has 0 saturated heterocycles. The summed E-state index contributed by atoms with van der Waals surface area (Å²) in [5.74, 6) is -0.397. The van der Waals surface area contributed by atoms with Crippen LogP contribution in [0, 0.1) is 11.7 Å². The lowest BCUT2D eigenvalue weighted by atomic mass is 9.96. The maximum absolute atomic E-state index is 13.7. The first-order valence-corrected chi connectivity index (χ1v) is 7.16. The molecule has 1 aromatic carbocycles. The van der Waals surface area contributed by atoms with Gasteiger partial charge in [-0.2, -0.15) is 0 Å². The molecule has 0 amide bonds. The fourth-order valence-corrected chi connectivity index (χ4v) is 2.46. The van der Waals surface area contributed by atoms with E-state index in [0.717, 1.165) is 6.54 Å². The number of aliphatic hydroxyl groups is 1. The Morgan fingerprint density at radius 2 is 1.95 bits per heavy atom. The molecule has 0 aromatic heterocycles. The van der Waals surface area contributed by atoms with E-state index in [-0.39, 0.29) is 17.8 Å². The number of ether oxygens (including phenoxy) is 1. The SMILES string of the molecule is CCN(CC(C)C(O)c1ccccc1F)C(C)COC. The maximum Gasteiger partial charge on any atom is 0.129 e. The van der Waals surface area contributed by atoms with Gasteiger partial charge in [0.25, 0.3) is 0 Å². The topological polar surface area (TPSA) is 32.7 Å². The van der Waals surface area contributed by atoms with Crippen molar-refractivity contribution in [2.45, 2.75) is 32.9 Å². The molecule has 1 aromatic rings. The van der Waals surface area contributed by atoms with Crippen molar-refractivity contribution in [2.24, 2.45) is 5.92 Å². The van der Waals surface area contributed by atoms with E-state index in [1.165, 1.54) is 6.07 Å². The van der Waals surface area contributed by atoms with E-state index < -0.39 is 6.10 Å². The molecule has 3 atom stereocenters. The van der Waals surface area contributed by atoms with Crippen LogP contribution < -0.4 is 0 Å². The molecule has 0 bridgehead atoms. The summed E-state index contributed by atoms with van der Waals surface area (Å²) in [5.41, 5.74) is 0.371. The van der Waals surface area contributed by atoms with Crippen molar-refractivity contribution in [3.8, 4) is 0 Å². The van der Waals surface area contributed by atoms with Gasteiger partial charge in [0, 0.05) is 25.3 Å². The van der Waals surface area contributed by atoms with Gasteiger partial charge in [-0.3, -0.25) is 4.90 Å². The maximum atomic E-state index is 13.7. The second-order valence-corrected chi connectivity index (χ2v) is 5.34. The van der Waals surface area contributed by atoms with E-state index in [1.54, 1.807) is 25.3 Å². The average molecular weight is 283 g/mol. The zero-order valence-corrected chi connectivity index (χ0v) is 12.8. The van der Waals surface area contributed by atoms with Crippen molar-refractivity contribution in [2.75, 3.05) is 26.8 Å². The Hall–Kier alpha value is -0.970. The van der Waals surface area contributed by atoms with Gasteiger partial charge in [0.1, 0.15) is 5.82 Å². The minimum atomic E-state index is -0.792. The fourth-order valence-electron chi connectivity index (χ4n) is 2.46. The van der Waals surface area contributed by atoms with Gasteiger partial charge in [0.15, 0.2) is 0 Å². The Labute approximate surface area is 121 Å². The quantitative estimate of drug-likeness (QED) is 0.796. The van der Waals surface area contributed by atoms with Crippen molar-refractivity contribution in [3.05, 3.63) is 35.6 Å². The molecular formula is C16H26FNO2. The molecule has 0 aliphatic carbocycles. The van der Waals surface area contributed by atoms with Gasteiger partial charge in [-0.05, 0) is 25.5 Å². The number of aliphatic hydroxyl groups excluding tert-OH is 1. The second kappa shape index (κ2) is 8.35. The zero-order valence-electron chi connectivity index (χ0n) is 12.8. The first-order valence-electron chi connectivity index (χ1n) is 7.16. The average Bonchev–Trinajstić information content (AvgIpc) is 2.44. The monoisotopic (exact) mass is 283 g/mol. The molecule has 0 radical (unpaired) electrons. The summed E-state index contributed by atoms with van der Waals surface area (Å²) in [6.45, 7) is 8.34. The summed E-state index contributed by atoms with van der Waals surface area (Å²) in [4.78, 5) is 2.23. The standard InChI is InChI=1S/C16H26FNO2/c1-5-18(13(3)11-20-4)10-12(2)16(19)14-8-6-7-9-15(14)17/h6-9,12-13,16,19H,5,10-11H2,1-4H3. The van der Waals surface area contributed by atoms with Crippen molar-refractivity contribution in [1.29, 1.82) is 0 Å². The van der Waals surface area contributed by atoms with Crippen LogP contribution in [0.25, 0.3) is 0 Å². The van der Waals surface area contributed by atoms with Crippen LogP contribution in [-0.4, -0.2) is 42.9 Å². The van der Waals surface area contributed by atoms with E-state index in [4.69, 9.17) is 4.74 Å². The highest BCUT2D eigenvalue weighted by Crippen LogP contribution is 2.25. The number of methoxy groups -OCH3 is 1. The predicted molar refractivity (Wildman–Crippen MR) is 79.1 cm³/mol. The molecule has 0 aliphatic rings. The lowest BCUT2D eigenvalue weighted by Crippen LogP contribution is -2.40. The van der Waals surface area contributed by atoms with Crippen LogP contribution in [0.5, 0.6) is 0 Å². The van der Waals surface area contributed by atoms with Crippen LogP contribution in [0.1, 0.15) is 32.4 Å². The first kappa shape index (κ1) is 17.1. The van der Waals surface area contributed by atoms with Crippen LogP contribution in [0.2, 0.25) is 0 Å². The summed E-state index contributed by atoms with van der Waals surface area (Å²) in [5, 5.41) is 10.3. The van der Waals surface area contributed by atoms with Crippen LogP contribution in [0.3, 0.4) is 0 Å². The Kier molecular flexibility index (Phi) is 7.13. The number of nitrogens with zero attached hydrogens (tertiary/aromatic N) is 1. The minimum Gasteiger partial charge on any atom is -0.388 e. The molecule has 1 N–H and O–H groups in total. The number of likely N-dealkylation sites (N-methyl/N-ethyl adjacent to an activating group) is 1. The van der Waals surface area contributed by atoms with Gasteiger partial charge < -0.3 is 9.84 Å². The third-order valence-corrected chi connectivity index (χ3v) is 3.72. The summed E-state index contributed by atoms with van der Waals surface area (Å²) in [6, 6.07) is 6.69. The molecule has 3 nitrogen and oxygen atoms in total. The molecule has 0 aliphatic heterocycles. The van der Waals surface area contributed by atoms with E-state index in [9.17, 15) is 9.50 Å². The molecule has 0 saturated carbocycles. The molecule has 4 heteroatoms. The smallest absolute Gasteiger partial charge is 0.129 e. The Balaban J connectivity index is 2.69. The number of benzene rings is 1. The van der Waals surface area contributed by atoms with Gasteiger partial charge in [0.2, 0.25) is 0 Å². The summed E-state index contributed by atoms with van der Waals surface area (Å²) in [7, 11) is 1.68. The Bertz CT molecular complexity index is 400. The third-order valence-electron chi connectivity index (χ3n) is 3.72. The normalized spacial score (nSPS) is 16.1. The second-order valence-electron chi connectivity index (χ2n) is 5.34. The van der Waals surface area contributed by atoms with Crippen LogP contribution >= 0.6 is 0 Å². The Morgan fingerprint density at radius 3 is 2.50 bits per heavy atom. The summed E-state index contributed by atoms with van der Waals surface area (Å²) >= 11 is 0. The van der Waals surface area contributed by atoms with Crippen molar-refractivity contribution in [3.63, 3.8) is 0 Å². The van der Waals surface area contributed by atoms with Gasteiger partial charge in [-0.15, -0.1) is 0 Å². The number of halogens is 1. The number of hydrogen-bond acceptors (Lipinski definition) is 3. The third kappa shape index (κ3) is 4.54. The lowest BCUT2D eigenvalue weighted by molar-refractivity contribution is 0.0525. The molecule has 114 valence electrons. The Morgan fingerprint density at radius 1 is 1.30 bits per heavy atom. The predicted octanol–water partition coefficient (Wildman–Crippen LogP) is 2.85. The molecule has 0 heterocycles. The van der Waals surface area contributed by atoms with Crippen molar-refractivity contribution < 1.29 is 14.2 Å². The minimum absolute atomic E-state index is 0.0499. The molecule has 0 spiro atoms. The zero-order chi connectivity index (χ0) is 15.1. The van der Waals surface area contributed by atoms with Crippen LogP contribution in [0.4, 0.5) is 4.39 Å². The molecular weight excluding hydrogens is 257 g/mol. The molecule has 20 heavy (non-hydrogen) atoms. The number of hydrogen-bond donors (Lipinski definition) is 1. The van der Waals surface area contributed by atoms with Crippen LogP contribution in [-0.2, 0) is 4.74 Å². The first-order chi connectivity index (χ1) is 9.51. The van der Waals surface area contributed by atoms with E-state index in [0.29, 0.717) is 18.7 Å². The largest absolute Gasteiger partial charge is 0.388 e. The molecule has 1 rings (SSSR count). The molecule has 3 unspecified atom stereocenters.